The number of nitrogens with one attached hydrogen (secondary N) is 1. The normalized spacial score (nSPS) is 10.6. The molecular weight excluding hydrogens is 356 g/mol. The number of amides is 1. The van der Waals surface area contributed by atoms with E-state index in [0.29, 0.717) is 12.1 Å². The minimum absolute atomic E-state index is 0.00128. The predicted molar refractivity (Wildman–Crippen MR) is 109 cm³/mol. The number of aromatic nitrogens is 1. The van der Waals surface area contributed by atoms with E-state index in [-0.39, 0.29) is 24.5 Å². The lowest BCUT2D eigenvalue weighted by Gasteiger charge is -2.06. The van der Waals surface area contributed by atoms with Gasteiger partial charge in [0.1, 0.15) is 0 Å². The summed E-state index contributed by atoms with van der Waals surface area (Å²) >= 11 is 1.64. The van der Waals surface area contributed by atoms with E-state index in [9.17, 15) is 9.59 Å². The largest absolute Gasteiger partial charge is 0.356 e. The van der Waals surface area contributed by atoms with Gasteiger partial charge in [-0.05, 0) is 18.9 Å². The van der Waals surface area contributed by atoms with Crippen LogP contribution in [0.3, 0.4) is 0 Å². The molecule has 2 aromatic carbocycles. The SMILES string of the molecule is Cc1nc(-c2ccc(CCNC(=O)CCC(=O)c3ccccc3)cc2)cs1. The highest BCUT2D eigenvalue weighted by molar-refractivity contribution is 7.09. The highest BCUT2D eigenvalue weighted by Gasteiger charge is 2.09. The van der Waals surface area contributed by atoms with Gasteiger partial charge in [0.05, 0.1) is 10.7 Å². The molecule has 0 saturated heterocycles. The van der Waals surface area contributed by atoms with Crippen LogP contribution in [-0.2, 0) is 11.2 Å². The Kier molecular flexibility index (Phi) is 6.49. The summed E-state index contributed by atoms with van der Waals surface area (Å²) in [5, 5.41) is 6.00. The monoisotopic (exact) mass is 378 g/mol. The minimum atomic E-state index is -0.0890. The van der Waals surface area contributed by atoms with Crippen molar-refractivity contribution in [2.45, 2.75) is 26.2 Å². The van der Waals surface area contributed by atoms with Crippen molar-refractivity contribution in [3.63, 3.8) is 0 Å². The van der Waals surface area contributed by atoms with E-state index in [4.69, 9.17) is 0 Å². The number of nitrogens with zero attached hydrogens (tertiary/aromatic N) is 1. The molecular formula is C22H22N2O2S. The number of hydrogen-bond acceptors (Lipinski definition) is 4. The molecule has 1 heterocycles. The summed E-state index contributed by atoms with van der Waals surface area (Å²) in [6.45, 7) is 2.56. The smallest absolute Gasteiger partial charge is 0.220 e. The van der Waals surface area contributed by atoms with Crippen LogP contribution in [0.5, 0.6) is 0 Å². The Morgan fingerprint density at radius 1 is 1.00 bits per heavy atom. The first-order chi connectivity index (χ1) is 13.1. The number of thiazole rings is 1. The van der Waals surface area contributed by atoms with Gasteiger partial charge in [-0.15, -0.1) is 11.3 Å². The van der Waals surface area contributed by atoms with Crippen LogP contribution in [0.1, 0.15) is 33.8 Å². The zero-order chi connectivity index (χ0) is 19.1. The lowest BCUT2D eigenvalue weighted by atomic mass is 10.1. The van der Waals surface area contributed by atoms with Gasteiger partial charge in [0.15, 0.2) is 5.78 Å². The lowest BCUT2D eigenvalue weighted by molar-refractivity contribution is -0.121. The summed E-state index contributed by atoms with van der Waals surface area (Å²) in [6, 6.07) is 17.3. The molecule has 0 fully saturated rings. The Bertz CT molecular complexity index is 902. The first-order valence-corrected chi connectivity index (χ1v) is 9.86. The van der Waals surface area contributed by atoms with E-state index in [2.05, 4.69) is 39.9 Å². The van der Waals surface area contributed by atoms with Gasteiger partial charge in [0.2, 0.25) is 5.91 Å². The maximum absolute atomic E-state index is 12.0. The van der Waals surface area contributed by atoms with Crippen molar-refractivity contribution in [1.29, 1.82) is 0 Å². The molecule has 0 saturated carbocycles. The maximum Gasteiger partial charge on any atom is 0.220 e. The van der Waals surface area contributed by atoms with Crippen molar-refractivity contribution < 1.29 is 9.59 Å². The third kappa shape index (κ3) is 5.59. The van der Waals surface area contributed by atoms with Gasteiger partial charge in [-0.2, -0.15) is 0 Å². The average Bonchev–Trinajstić information content (AvgIpc) is 3.13. The van der Waals surface area contributed by atoms with Gasteiger partial charge >= 0.3 is 0 Å². The van der Waals surface area contributed by atoms with Crippen LogP contribution < -0.4 is 5.32 Å². The van der Waals surface area contributed by atoms with E-state index in [1.54, 1.807) is 23.5 Å². The molecule has 1 aromatic heterocycles. The molecule has 1 N–H and O–H groups in total. The highest BCUT2D eigenvalue weighted by atomic mass is 32.1. The molecule has 0 aliphatic heterocycles. The van der Waals surface area contributed by atoms with Crippen LogP contribution in [0.4, 0.5) is 0 Å². The first-order valence-electron chi connectivity index (χ1n) is 8.98. The highest BCUT2D eigenvalue weighted by Crippen LogP contribution is 2.21. The number of rotatable bonds is 8. The second kappa shape index (κ2) is 9.24. The third-order valence-corrected chi connectivity index (χ3v) is 5.05. The Balaban J connectivity index is 1.40. The molecule has 0 atom stereocenters. The molecule has 5 heteroatoms. The Hall–Kier alpha value is -2.79. The Labute approximate surface area is 163 Å². The van der Waals surface area contributed by atoms with Crippen LogP contribution in [0.25, 0.3) is 11.3 Å². The van der Waals surface area contributed by atoms with Crippen LogP contribution in [-0.4, -0.2) is 23.2 Å². The predicted octanol–water partition coefficient (Wildman–Crippen LogP) is 4.44. The molecule has 0 unspecified atom stereocenters. The summed E-state index contributed by atoms with van der Waals surface area (Å²) in [5.74, 6) is -0.0903. The fourth-order valence-electron chi connectivity index (χ4n) is 2.77. The van der Waals surface area contributed by atoms with Crippen LogP contribution in [0.2, 0.25) is 0 Å². The summed E-state index contributed by atoms with van der Waals surface area (Å²) in [6.07, 6.45) is 1.21. The summed E-state index contributed by atoms with van der Waals surface area (Å²) < 4.78 is 0. The average molecular weight is 378 g/mol. The van der Waals surface area contributed by atoms with Gasteiger partial charge in [0, 0.05) is 35.9 Å². The first kappa shape index (κ1) is 19.0. The Morgan fingerprint density at radius 3 is 2.41 bits per heavy atom. The van der Waals surface area contributed by atoms with Crippen LogP contribution >= 0.6 is 11.3 Å². The molecule has 1 amide bonds. The minimum Gasteiger partial charge on any atom is -0.356 e. The number of benzene rings is 2. The van der Waals surface area contributed by atoms with Crippen molar-refractivity contribution in [2.75, 3.05) is 6.54 Å². The van der Waals surface area contributed by atoms with E-state index < -0.39 is 0 Å². The van der Waals surface area contributed by atoms with E-state index in [1.165, 1.54) is 0 Å². The van der Waals surface area contributed by atoms with E-state index in [0.717, 1.165) is 28.2 Å². The van der Waals surface area contributed by atoms with Crippen molar-refractivity contribution >= 4 is 23.0 Å². The molecule has 4 nitrogen and oxygen atoms in total. The number of aryl methyl sites for hydroxylation is 1. The summed E-state index contributed by atoms with van der Waals surface area (Å²) in [5.41, 5.74) is 3.92. The van der Waals surface area contributed by atoms with Crippen molar-refractivity contribution in [2.24, 2.45) is 0 Å². The fourth-order valence-corrected chi connectivity index (χ4v) is 3.39. The van der Waals surface area contributed by atoms with Crippen LogP contribution in [0, 0.1) is 6.92 Å². The van der Waals surface area contributed by atoms with Crippen molar-refractivity contribution in [3.05, 3.63) is 76.1 Å². The van der Waals surface area contributed by atoms with Gasteiger partial charge in [0.25, 0.3) is 0 Å². The fraction of sp³-hybridized carbons (Fsp3) is 0.227. The van der Waals surface area contributed by atoms with E-state index in [1.807, 2.05) is 25.1 Å². The van der Waals surface area contributed by atoms with Crippen LogP contribution in [0.15, 0.2) is 60.0 Å². The topological polar surface area (TPSA) is 59.1 Å². The number of Topliss-reactive ketones (excluding diaryl/α,β-unsaturated/α-hetero) is 1. The number of carbonyl (C=O) groups is 2. The van der Waals surface area contributed by atoms with Crippen molar-refractivity contribution in [1.82, 2.24) is 10.3 Å². The maximum atomic E-state index is 12.0. The summed E-state index contributed by atoms with van der Waals surface area (Å²) in [4.78, 5) is 28.4. The second-order valence-corrected chi connectivity index (χ2v) is 7.40. The van der Waals surface area contributed by atoms with E-state index >= 15 is 0 Å². The molecule has 138 valence electrons. The second-order valence-electron chi connectivity index (χ2n) is 6.34. The molecule has 0 aliphatic rings. The molecule has 0 radical (unpaired) electrons. The van der Waals surface area contributed by atoms with Gasteiger partial charge in [-0.25, -0.2) is 4.98 Å². The zero-order valence-corrected chi connectivity index (χ0v) is 16.1. The zero-order valence-electron chi connectivity index (χ0n) is 15.3. The molecule has 3 rings (SSSR count). The third-order valence-electron chi connectivity index (χ3n) is 4.28. The van der Waals surface area contributed by atoms with Crippen molar-refractivity contribution in [3.8, 4) is 11.3 Å². The number of ketones is 1. The van der Waals surface area contributed by atoms with Gasteiger partial charge in [-0.1, -0.05) is 54.6 Å². The molecule has 27 heavy (non-hydrogen) atoms. The standard InChI is InChI=1S/C22H22N2O2S/c1-16-24-20(15-27-16)18-9-7-17(8-10-18)13-14-23-22(26)12-11-21(25)19-5-3-2-4-6-19/h2-10,15H,11-14H2,1H3,(H,23,26). The molecule has 0 bridgehead atoms. The van der Waals surface area contributed by atoms with Gasteiger partial charge in [-0.3, -0.25) is 9.59 Å². The summed E-state index contributed by atoms with van der Waals surface area (Å²) in [7, 11) is 0. The quantitative estimate of drug-likeness (QED) is 0.590. The lowest BCUT2D eigenvalue weighted by Crippen LogP contribution is -2.26. The number of carbonyl (C=O) groups excluding carboxylic acids is 2. The Morgan fingerprint density at radius 2 is 1.74 bits per heavy atom. The number of hydrogen-bond donors (Lipinski definition) is 1. The molecule has 3 aromatic rings. The molecule has 0 aliphatic carbocycles. The molecule has 0 spiro atoms. The van der Waals surface area contributed by atoms with Gasteiger partial charge < -0.3 is 5.32 Å².